The third-order valence-corrected chi connectivity index (χ3v) is 2.03. The van der Waals surface area contributed by atoms with Gasteiger partial charge in [-0.15, -0.1) is 0 Å². The minimum Gasteiger partial charge on any atom is -0.370 e. The van der Waals surface area contributed by atoms with Gasteiger partial charge in [-0.3, -0.25) is 4.79 Å². The van der Waals surface area contributed by atoms with E-state index >= 15 is 0 Å². The molecule has 0 aliphatic carbocycles. The summed E-state index contributed by atoms with van der Waals surface area (Å²) in [5.74, 6) is -0.235. The topological polar surface area (TPSA) is 77.2 Å². The van der Waals surface area contributed by atoms with Crippen molar-refractivity contribution < 1.29 is 9.53 Å². The molecule has 0 aliphatic rings. The van der Waals surface area contributed by atoms with Crippen LogP contribution in [-0.2, 0) is 9.53 Å². The third kappa shape index (κ3) is 4.14. The van der Waals surface area contributed by atoms with Crippen LogP contribution >= 0.6 is 11.6 Å². The molecule has 1 amide bonds. The summed E-state index contributed by atoms with van der Waals surface area (Å²) in [6.45, 7) is 2.52. The Hall–Kier alpha value is -1.17. The molecule has 16 heavy (non-hydrogen) atoms. The number of hydrogen-bond acceptors (Lipinski definition) is 4. The third-order valence-electron chi connectivity index (χ3n) is 1.82. The van der Waals surface area contributed by atoms with Gasteiger partial charge in [-0.25, -0.2) is 4.98 Å². The maximum atomic E-state index is 11.4. The number of aryl methyl sites for hydroxylation is 1. The van der Waals surface area contributed by atoms with Crippen LogP contribution in [0.1, 0.15) is 5.69 Å². The number of nitrogens with two attached hydrogens (primary N) is 1. The second-order valence-corrected chi connectivity index (χ2v) is 3.54. The Kier molecular flexibility index (Phi) is 5.18. The predicted octanol–water partition coefficient (Wildman–Crippen LogP) is 0.957. The normalized spacial score (nSPS) is 10.2. The van der Waals surface area contributed by atoms with Gasteiger partial charge < -0.3 is 15.8 Å². The van der Waals surface area contributed by atoms with Gasteiger partial charge in [-0.1, -0.05) is 11.6 Å². The fraction of sp³-hybridized carbons (Fsp3) is 0.400. The summed E-state index contributed by atoms with van der Waals surface area (Å²) >= 11 is 5.69. The first-order valence-corrected chi connectivity index (χ1v) is 5.22. The van der Waals surface area contributed by atoms with E-state index in [0.717, 1.165) is 0 Å². The summed E-state index contributed by atoms with van der Waals surface area (Å²) in [5.41, 5.74) is 6.52. The van der Waals surface area contributed by atoms with Gasteiger partial charge in [0.05, 0.1) is 18.0 Å². The first-order valence-electron chi connectivity index (χ1n) is 4.84. The predicted molar refractivity (Wildman–Crippen MR) is 62.5 cm³/mol. The standard InChI is InChI=1S/C10H14ClN3O2/c1-7-8(2-3-9(11)13-7)14-10(15)6-16-5-4-12/h2-3H,4-6,12H2,1H3,(H,14,15). The first-order chi connectivity index (χ1) is 7.63. The molecule has 6 heteroatoms. The summed E-state index contributed by atoms with van der Waals surface area (Å²) in [6.07, 6.45) is 0. The Morgan fingerprint density at radius 3 is 3.00 bits per heavy atom. The molecule has 0 saturated carbocycles. The molecular weight excluding hydrogens is 230 g/mol. The van der Waals surface area contributed by atoms with Crippen LogP contribution < -0.4 is 11.1 Å². The van der Waals surface area contributed by atoms with Gasteiger partial charge >= 0.3 is 0 Å². The van der Waals surface area contributed by atoms with E-state index in [4.69, 9.17) is 22.1 Å². The zero-order valence-electron chi connectivity index (χ0n) is 9.00. The molecule has 88 valence electrons. The van der Waals surface area contributed by atoms with Crippen molar-refractivity contribution >= 4 is 23.2 Å². The van der Waals surface area contributed by atoms with Crippen LogP contribution in [0.2, 0.25) is 5.15 Å². The van der Waals surface area contributed by atoms with E-state index in [9.17, 15) is 4.79 Å². The second kappa shape index (κ2) is 6.42. The molecular formula is C10H14ClN3O2. The molecule has 0 atom stereocenters. The minimum absolute atomic E-state index is 0.0146. The molecule has 1 heterocycles. The second-order valence-electron chi connectivity index (χ2n) is 3.16. The zero-order valence-corrected chi connectivity index (χ0v) is 9.75. The summed E-state index contributed by atoms with van der Waals surface area (Å²) < 4.78 is 5.00. The fourth-order valence-corrected chi connectivity index (χ4v) is 1.29. The van der Waals surface area contributed by atoms with Crippen molar-refractivity contribution in [1.29, 1.82) is 0 Å². The summed E-state index contributed by atoms with van der Waals surface area (Å²) in [7, 11) is 0. The largest absolute Gasteiger partial charge is 0.370 e. The van der Waals surface area contributed by atoms with Crippen LogP contribution in [0.25, 0.3) is 0 Å². The average Bonchev–Trinajstić information content (AvgIpc) is 2.23. The number of halogens is 1. The van der Waals surface area contributed by atoms with Crippen molar-refractivity contribution in [3.8, 4) is 0 Å². The smallest absolute Gasteiger partial charge is 0.250 e. The molecule has 0 aliphatic heterocycles. The van der Waals surface area contributed by atoms with Crippen LogP contribution in [0.4, 0.5) is 5.69 Å². The van der Waals surface area contributed by atoms with Crippen molar-refractivity contribution in [1.82, 2.24) is 4.98 Å². The van der Waals surface area contributed by atoms with Crippen molar-refractivity contribution in [2.75, 3.05) is 25.1 Å². The Balaban J connectivity index is 2.49. The van der Waals surface area contributed by atoms with Crippen LogP contribution in [0.5, 0.6) is 0 Å². The number of nitrogens with zero attached hydrogens (tertiary/aromatic N) is 1. The van der Waals surface area contributed by atoms with Gasteiger partial charge in [0.2, 0.25) is 5.91 Å². The van der Waals surface area contributed by atoms with E-state index < -0.39 is 0 Å². The van der Waals surface area contributed by atoms with Gasteiger partial charge in [0.1, 0.15) is 11.8 Å². The maximum absolute atomic E-state index is 11.4. The Morgan fingerprint density at radius 2 is 2.38 bits per heavy atom. The van der Waals surface area contributed by atoms with Crippen LogP contribution in [0.15, 0.2) is 12.1 Å². The number of anilines is 1. The highest BCUT2D eigenvalue weighted by atomic mass is 35.5. The average molecular weight is 244 g/mol. The van der Waals surface area contributed by atoms with Gasteiger partial charge in [-0.05, 0) is 19.1 Å². The van der Waals surface area contributed by atoms with E-state index in [1.807, 2.05) is 0 Å². The highest BCUT2D eigenvalue weighted by Gasteiger charge is 2.05. The molecule has 0 fully saturated rings. The van der Waals surface area contributed by atoms with E-state index in [0.29, 0.717) is 29.7 Å². The lowest BCUT2D eigenvalue weighted by atomic mass is 10.3. The van der Waals surface area contributed by atoms with Crippen LogP contribution in [0.3, 0.4) is 0 Å². The van der Waals surface area contributed by atoms with Crippen LogP contribution in [-0.4, -0.2) is 30.6 Å². The molecule has 0 bridgehead atoms. The fourth-order valence-electron chi connectivity index (χ4n) is 1.10. The Bertz CT molecular complexity index is 371. The van der Waals surface area contributed by atoms with E-state index in [-0.39, 0.29) is 12.5 Å². The quantitative estimate of drug-likeness (QED) is 0.597. The highest BCUT2D eigenvalue weighted by Crippen LogP contribution is 2.15. The summed E-state index contributed by atoms with van der Waals surface area (Å²) in [6, 6.07) is 3.32. The summed E-state index contributed by atoms with van der Waals surface area (Å²) in [4.78, 5) is 15.4. The molecule has 0 spiro atoms. The van der Waals surface area contributed by atoms with Gasteiger partial charge in [0, 0.05) is 6.54 Å². The van der Waals surface area contributed by atoms with Crippen molar-refractivity contribution in [2.45, 2.75) is 6.92 Å². The number of pyridine rings is 1. The lowest BCUT2D eigenvalue weighted by Gasteiger charge is -2.07. The lowest BCUT2D eigenvalue weighted by Crippen LogP contribution is -2.21. The van der Waals surface area contributed by atoms with Crippen molar-refractivity contribution in [2.24, 2.45) is 5.73 Å². The SMILES string of the molecule is Cc1nc(Cl)ccc1NC(=O)COCCN. The number of carbonyl (C=O) groups is 1. The van der Waals surface area contributed by atoms with E-state index in [1.165, 1.54) is 0 Å². The Labute approximate surface area is 98.9 Å². The number of ether oxygens (including phenoxy) is 1. The molecule has 1 aromatic rings. The molecule has 5 nitrogen and oxygen atoms in total. The highest BCUT2D eigenvalue weighted by molar-refractivity contribution is 6.29. The number of carbonyl (C=O) groups excluding carboxylic acids is 1. The molecule has 0 aromatic carbocycles. The minimum atomic E-state index is -0.235. The number of rotatable bonds is 5. The van der Waals surface area contributed by atoms with Crippen molar-refractivity contribution in [3.05, 3.63) is 23.0 Å². The van der Waals surface area contributed by atoms with E-state index in [1.54, 1.807) is 19.1 Å². The van der Waals surface area contributed by atoms with Crippen LogP contribution in [0, 0.1) is 6.92 Å². The Morgan fingerprint density at radius 1 is 1.62 bits per heavy atom. The number of aromatic nitrogens is 1. The number of amides is 1. The van der Waals surface area contributed by atoms with Gasteiger partial charge in [0.25, 0.3) is 0 Å². The van der Waals surface area contributed by atoms with Gasteiger partial charge in [0.15, 0.2) is 0 Å². The lowest BCUT2D eigenvalue weighted by molar-refractivity contribution is -0.120. The number of hydrogen-bond donors (Lipinski definition) is 2. The first kappa shape index (κ1) is 12.9. The zero-order chi connectivity index (χ0) is 12.0. The molecule has 1 rings (SSSR count). The van der Waals surface area contributed by atoms with Crippen molar-refractivity contribution in [3.63, 3.8) is 0 Å². The molecule has 0 unspecified atom stereocenters. The molecule has 3 N–H and O–H groups in total. The van der Waals surface area contributed by atoms with Gasteiger partial charge in [-0.2, -0.15) is 0 Å². The maximum Gasteiger partial charge on any atom is 0.250 e. The monoisotopic (exact) mass is 243 g/mol. The van der Waals surface area contributed by atoms with E-state index in [2.05, 4.69) is 10.3 Å². The summed E-state index contributed by atoms with van der Waals surface area (Å²) in [5, 5.41) is 3.07. The number of nitrogens with one attached hydrogen (secondary N) is 1. The molecule has 1 aromatic heterocycles. The molecule has 0 radical (unpaired) electrons. The molecule has 0 saturated heterocycles.